The van der Waals surface area contributed by atoms with Crippen molar-refractivity contribution in [2.45, 2.75) is 39.7 Å². The zero-order valence-corrected chi connectivity index (χ0v) is 25.8. The van der Waals surface area contributed by atoms with Crippen LogP contribution in [0, 0.1) is 11.7 Å². The zero-order valence-electron chi connectivity index (χ0n) is 25.8. The molecule has 46 heavy (non-hydrogen) atoms. The van der Waals surface area contributed by atoms with Crippen LogP contribution in [-0.2, 0) is 16.1 Å². The van der Waals surface area contributed by atoms with Crippen LogP contribution in [0.4, 0.5) is 10.1 Å². The number of rotatable bonds is 10. The summed E-state index contributed by atoms with van der Waals surface area (Å²) in [6.07, 6.45) is 7.92. The Balaban J connectivity index is 1.18. The average Bonchev–Trinajstić information content (AvgIpc) is 3.80. The summed E-state index contributed by atoms with van der Waals surface area (Å²) in [5, 5.41) is 11.5. The molecular weight excluding hydrogens is 583 g/mol. The van der Waals surface area contributed by atoms with Crippen molar-refractivity contribution in [1.82, 2.24) is 35.0 Å². The molecule has 0 aliphatic carbocycles. The monoisotopic (exact) mass is 618 g/mol. The summed E-state index contributed by atoms with van der Waals surface area (Å²) in [5.41, 5.74) is 7.23. The van der Waals surface area contributed by atoms with Crippen molar-refractivity contribution in [2.24, 2.45) is 5.92 Å². The lowest BCUT2D eigenvalue weighted by Gasteiger charge is -2.15. The number of hydrogen-bond donors (Lipinski definition) is 3. The highest BCUT2D eigenvalue weighted by molar-refractivity contribution is 5.98. The second kappa shape index (κ2) is 12.8. The maximum absolute atomic E-state index is 14.8. The molecule has 0 saturated carbocycles. The molecule has 1 aliphatic heterocycles. The lowest BCUT2D eigenvalue weighted by atomic mass is 10.0. The summed E-state index contributed by atoms with van der Waals surface area (Å²) in [6.45, 7) is 6.95. The number of pyridine rings is 2. The van der Waals surface area contributed by atoms with Gasteiger partial charge in [-0.1, -0.05) is 19.9 Å². The number of likely N-dealkylation sites (tertiary alicyclic amines) is 1. The number of aromatic amines is 2. The van der Waals surface area contributed by atoms with Gasteiger partial charge in [0, 0.05) is 48.4 Å². The third-order valence-corrected chi connectivity index (χ3v) is 8.11. The van der Waals surface area contributed by atoms with Crippen LogP contribution in [0.15, 0.2) is 67.1 Å². The van der Waals surface area contributed by atoms with E-state index in [2.05, 4.69) is 35.4 Å². The van der Waals surface area contributed by atoms with Crippen LogP contribution < -0.4 is 5.32 Å². The first-order valence-electron chi connectivity index (χ1n) is 15.6. The SMILES string of the molecule is CC(C)CC(=O)Nc1cncc(-c2ccc3[nH]nc(-c4nc5c(-c6cc(F)cc(COCN7CCCC7)c6)nccc5[nH]4)c3c2)c1. The molecule has 1 amide bonds. The summed E-state index contributed by atoms with van der Waals surface area (Å²) in [5.74, 6) is 0.431. The van der Waals surface area contributed by atoms with Crippen LogP contribution in [0.2, 0.25) is 0 Å². The summed E-state index contributed by atoms with van der Waals surface area (Å²) < 4.78 is 20.7. The maximum Gasteiger partial charge on any atom is 0.224 e. The van der Waals surface area contributed by atoms with E-state index in [1.807, 2.05) is 50.2 Å². The molecule has 0 atom stereocenters. The number of halogens is 1. The van der Waals surface area contributed by atoms with Crippen molar-refractivity contribution >= 4 is 33.5 Å². The van der Waals surface area contributed by atoms with Crippen LogP contribution in [-0.4, -0.2) is 60.8 Å². The minimum absolute atomic E-state index is 0.0411. The number of nitrogens with one attached hydrogen (secondary N) is 3. The number of H-pyrrole nitrogens is 2. The van der Waals surface area contributed by atoms with E-state index in [4.69, 9.17) is 9.72 Å². The van der Waals surface area contributed by atoms with E-state index in [1.165, 1.54) is 25.0 Å². The molecule has 1 aliphatic rings. The molecule has 7 rings (SSSR count). The Labute approximate surface area is 265 Å². The molecule has 0 spiro atoms. The molecule has 1 saturated heterocycles. The van der Waals surface area contributed by atoms with Crippen LogP contribution in [0.3, 0.4) is 0 Å². The Morgan fingerprint density at radius 3 is 2.72 bits per heavy atom. The van der Waals surface area contributed by atoms with Gasteiger partial charge in [0.05, 0.1) is 41.9 Å². The summed E-state index contributed by atoms with van der Waals surface area (Å²) in [7, 11) is 0. The van der Waals surface area contributed by atoms with Crippen molar-refractivity contribution in [3.05, 3.63) is 78.5 Å². The Bertz CT molecular complexity index is 2030. The number of carbonyl (C=O) groups excluding carboxylic acids is 1. The van der Waals surface area contributed by atoms with Gasteiger partial charge < -0.3 is 15.0 Å². The van der Waals surface area contributed by atoms with Gasteiger partial charge in [-0.25, -0.2) is 9.37 Å². The van der Waals surface area contributed by atoms with E-state index in [0.717, 1.165) is 46.2 Å². The van der Waals surface area contributed by atoms with Crippen molar-refractivity contribution < 1.29 is 13.9 Å². The minimum atomic E-state index is -0.351. The van der Waals surface area contributed by atoms with Crippen molar-refractivity contribution in [3.63, 3.8) is 0 Å². The minimum Gasteiger partial charge on any atom is -0.361 e. The van der Waals surface area contributed by atoms with Crippen molar-refractivity contribution in [3.8, 4) is 33.9 Å². The summed E-state index contributed by atoms with van der Waals surface area (Å²) in [6, 6.07) is 14.6. The number of aromatic nitrogens is 6. The normalized spacial score (nSPS) is 13.7. The largest absolute Gasteiger partial charge is 0.361 e. The number of ether oxygens (including phenoxy) is 1. The summed E-state index contributed by atoms with van der Waals surface area (Å²) >= 11 is 0. The molecule has 10 nitrogen and oxygen atoms in total. The van der Waals surface area contributed by atoms with Gasteiger partial charge in [0.15, 0.2) is 5.82 Å². The van der Waals surface area contributed by atoms with Gasteiger partial charge in [-0.15, -0.1) is 0 Å². The smallest absolute Gasteiger partial charge is 0.224 e. The number of amides is 1. The third kappa shape index (κ3) is 6.37. The Morgan fingerprint density at radius 1 is 1.00 bits per heavy atom. The van der Waals surface area contributed by atoms with Crippen molar-refractivity contribution in [1.29, 1.82) is 0 Å². The van der Waals surface area contributed by atoms with Gasteiger partial charge in [0.25, 0.3) is 0 Å². The molecule has 6 aromatic rings. The lowest BCUT2D eigenvalue weighted by Crippen LogP contribution is -2.22. The fourth-order valence-electron chi connectivity index (χ4n) is 5.96. The van der Waals surface area contributed by atoms with Gasteiger partial charge in [-0.05, 0) is 72.4 Å². The fraction of sp³-hybridized carbons (Fsp3) is 0.286. The zero-order chi connectivity index (χ0) is 31.6. The molecule has 0 radical (unpaired) electrons. The fourth-order valence-corrected chi connectivity index (χ4v) is 5.96. The quantitative estimate of drug-likeness (QED) is 0.152. The number of fused-ring (bicyclic) bond motifs is 2. The molecule has 4 aromatic heterocycles. The first kappa shape index (κ1) is 29.7. The van der Waals surface area contributed by atoms with Crippen LogP contribution in [0.25, 0.3) is 55.8 Å². The second-order valence-corrected chi connectivity index (χ2v) is 12.2. The molecule has 3 N–H and O–H groups in total. The van der Waals surface area contributed by atoms with Crippen LogP contribution in [0.1, 0.15) is 38.7 Å². The molecule has 11 heteroatoms. The Kier molecular flexibility index (Phi) is 8.25. The molecular formula is C35H35FN8O2. The lowest BCUT2D eigenvalue weighted by molar-refractivity contribution is -0.116. The predicted octanol–water partition coefficient (Wildman–Crippen LogP) is 6.92. The molecule has 0 unspecified atom stereocenters. The first-order chi connectivity index (χ1) is 22.4. The molecule has 0 bridgehead atoms. The number of anilines is 1. The highest BCUT2D eigenvalue weighted by Gasteiger charge is 2.18. The molecule has 2 aromatic carbocycles. The van der Waals surface area contributed by atoms with Crippen molar-refractivity contribution in [2.75, 3.05) is 25.1 Å². The van der Waals surface area contributed by atoms with E-state index in [9.17, 15) is 9.18 Å². The van der Waals surface area contributed by atoms with E-state index in [-0.39, 0.29) is 17.6 Å². The van der Waals surface area contributed by atoms with E-state index in [1.54, 1.807) is 18.6 Å². The third-order valence-electron chi connectivity index (χ3n) is 8.11. The predicted molar refractivity (Wildman–Crippen MR) is 176 cm³/mol. The van der Waals surface area contributed by atoms with Gasteiger partial charge >= 0.3 is 0 Å². The topological polar surface area (TPSA) is 125 Å². The second-order valence-electron chi connectivity index (χ2n) is 12.2. The Hall–Kier alpha value is -5.00. The van der Waals surface area contributed by atoms with Gasteiger partial charge in [-0.2, -0.15) is 5.10 Å². The molecule has 1 fully saturated rings. The van der Waals surface area contributed by atoms with E-state index >= 15 is 0 Å². The van der Waals surface area contributed by atoms with Gasteiger partial charge in [-0.3, -0.25) is 24.8 Å². The number of nitrogens with zero attached hydrogens (tertiary/aromatic N) is 5. The maximum atomic E-state index is 14.8. The van der Waals surface area contributed by atoms with Crippen LogP contribution in [0.5, 0.6) is 0 Å². The first-order valence-corrected chi connectivity index (χ1v) is 15.6. The highest BCUT2D eigenvalue weighted by atomic mass is 19.1. The average molecular weight is 619 g/mol. The van der Waals surface area contributed by atoms with Crippen LogP contribution >= 0.6 is 0 Å². The number of carbonyl (C=O) groups is 1. The standard InChI is InChI=1S/C35H35FN8O2/c1-21(2)11-31(45)39-27-15-25(17-37-18-27)23-5-6-29-28(16-23)33(43-42-29)35-40-30-7-8-38-32(34(30)41-35)24-12-22(13-26(36)14-24)19-46-20-44-9-3-4-10-44/h5-8,12-18,21H,3-4,9-11,19-20H2,1-2H3,(H,39,45)(H,40,41)(H,42,43). The number of benzene rings is 2. The molecule has 234 valence electrons. The Morgan fingerprint density at radius 2 is 1.87 bits per heavy atom. The molecule has 5 heterocycles. The van der Waals surface area contributed by atoms with Gasteiger partial charge in [0.2, 0.25) is 5.91 Å². The number of imidazole rings is 1. The van der Waals surface area contributed by atoms with E-state index in [0.29, 0.717) is 53.7 Å². The highest BCUT2D eigenvalue weighted by Crippen LogP contribution is 2.33. The summed E-state index contributed by atoms with van der Waals surface area (Å²) in [4.78, 5) is 31.8. The van der Waals surface area contributed by atoms with E-state index < -0.39 is 0 Å². The van der Waals surface area contributed by atoms with Gasteiger partial charge in [0.1, 0.15) is 17.0 Å². The number of hydrogen-bond acceptors (Lipinski definition) is 7.